The minimum atomic E-state index is -0.977. The summed E-state index contributed by atoms with van der Waals surface area (Å²) in [7, 11) is 0. The van der Waals surface area contributed by atoms with Gasteiger partial charge < -0.3 is 15.0 Å². The molecule has 23 heavy (non-hydrogen) atoms. The highest BCUT2D eigenvalue weighted by Gasteiger charge is 2.34. The molecular formula is C17H16N2O4. The lowest BCUT2D eigenvalue weighted by Crippen LogP contribution is -2.40. The van der Waals surface area contributed by atoms with Crippen LogP contribution in [0.1, 0.15) is 39.1 Å². The Morgan fingerprint density at radius 2 is 1.74 bits per heavy atom. The van der Waals surface area contributed by atoms with Gasteiger partial charge in [-0.15, -0.1) is 0 Å². The number of carbonyl (C=O) groups excluding carboxylic acids is 2. The minimum absolute atomic E-state index is 0.130. The van der Waals surface area contributed by atoms with E-state index in [4.69, 9.17) is 5.11 Å². The van der Waals surface area contributed by atoms with E-state index >= 15 is 0 Å². The van der Waals surface area contributed by atoms with Crippen molar-refractivity contribution in [1.82, 2.24) is 9.88 Å². The number of amides is 1. The monoisotopic (exact) mass is 312 g/mol. The molecular weight excluding hydrogens is 296 g/mol. The number of rotatable bonds is 4. The number of hydrogen-bond donors (Lipinski definition) is 2. The first-order valence-corrected chi connectivity index (χ1v) is 7.39. The van der Waals surface area contributed by atoms with Gasteiger partial charge in [0, 0.05) is 35.6 Å². The SMILES string of the molecule is O=C(c1ccc(C(=O)N2CCCC2C(=O)O)cc1)c1cc[nH]c1. The Labute approximate surface area is 132 Å². The number of carbonyl (C=O) groups is 3. The second-order valence-electron chi connectivity index (χ2n) is 5.50. The summed E-state index contributed by atoms with van der Waals surface area (Å²) in [5.41, 5.74) is 1.43. The average Bonchev–Trinajstić information content (AvgIpc) is 3.24. The molecule has 1 aliphatic rings. The summed E-state index contributed by atoms with van der Waals surface area (Å²) in [5.74, 6) is -1.42. The highest BCUT2D eigenvalue weighted by molar-refractivity contribution is 6.09. The first-order chi connectivity index (χ1) is 11.1. The van der Waals surface area contributed by atoms with Crippen LogP contribution in [0, 0.1) is 0 Å². The Bertz CT molecular complexity index is 734. The Morgan fingerprint density at radius 1 is 1.04 bits per heavy atom. The fourth-order valence-electron chi connectivity index (χ4n) is 2.83. The van der Waals surface area contributed by atoms with E-state index in [1.807, 2.05) is 0 Å². The van der Waals surface area contributed by atoms with Crippen LogP contribution in [-0.2, 0) is 4.79 Å². The van der Waals surface area contributed by atoms with Crippen LogP contribution in [0.3, 0.4) is 0 Å². The summed E-state index contributed by atoms with van der Waals surface area (Å²) < 4.78 is 0. The number of ketones is 1. The molecule has 1 amide bonds. The average molecular weight is 312 g/mol. The topological polar surface area (TPSA) is 90.5 Å². The van der Waals surface area contributed by atoms with E-state index in [2.05, 4.69) is 4.98 Å². The lowest BCUT2D eigenvalue weighted by molar-refractivity contribution is -0.141. The van der Waals surface area contributed by atoms with Crippen LogP contribution < -0.4 is 0 Å². The highest BCUT2D eigenvalue weighted by Crippen LogP contribution is 2.21. The van der Waals surface area contributed by atoms with Gasteiger partial charge in [0.05, 0.1) is 0 Å². The third kappa shape index (κ3) is 2.88. The van der Waals surface area contributed by atoms with Gasteiger partial charge in [0.2, 0.25) is 0 Å². The van der Waals surface area contributed by atoms with Crippen molar-refractivity contribution >= 4 is 17.7 Å². The molecule has 0 bridgehead atoms. The molecule has 0 saturated carbocycles. The summed E-state index contributed by atoms with van der Waals surface area (Å²) >= 11 is 0. The van der Waals surface area contributed by atoms with E-state index in [0.717, 1.165) is 0 Å². The van der Waals surface area contributed by atoms with Crippen molar-refractivity contribution in [3.05, 3.63) is 59.4 Å². The van der Waals surface area contributed by atoms with Crippen molar-refractivity contribution in [3.63, 3.8) is 0 Å². The third-order valence-corrected chi connectivity index (χ3v) is 4.05. The van der Waals surface area contributed by atoms with Crippen molar-refractivity contribution in [2.45, 2.75) is 18.9 Å². The Morgan fingerprint density at radius 3 is 2.35 bits per heavy atom. The number of aromatic nitrogens is 1. The number of aliphatic carboxylic acids is 1. The van der Waals surface area contributed by atoms with E-state index < -0.39 is 12.0 Å². The van der Waals surface area contributed by atoms with Gasteiger partial charge in [-0.3, -0.25) is 9.59 Å². The van der Waals surface area contributed by atoms with Crippen LogP contribution in [0.4, 0.5) is 0 Å². The largest absolute Gasteiger partial charge is 0.480 e. The molecule has 1 atom stereocenters. The first kappa shape index (κ1) is 15.0. The molecule has 1 aromatic carbocycles. The summed E-state index contributed by atoms with van der Waals surface area (Å²) in [5, 5.41) is 9.16. The number of H-pyrrole nitrogens is 1. The van der Waals surface area contributed by atoms with Gasteiger partial charge in [0.15, 0.2) is 5.78 Å². The van der Waals surface area contributed by atoms with E-state index in [-0.39, 0.29) is 11.7 Å². The lowest BCUT2D eigenvalue weighted by atomic mass is 10.0. The quantitative estimate of drug-likeness (QED) is 0.844. The van der Waals surface area contributed by atoms with Crippen LogP contribution in [0.15, 0.2) is 42.7 Å². The van der Waals surface area contributed by atoms with Crippen molar-refractivity contribution < 1.29 is 19.5 Å². The van der Waals surface area contributed by atoms with Gasteiger partial charge in [0.1, 0.15) is 6.04 Å². The van der Waals surface area contributed by atoms with Gasteiger partial charge in [-0.2, -0.15) is 0 Å². The van der Waals surface area contributed by atoms with Crippen LogP contribution in [0.25, 0.3) is 0 Å². The molecule has 118 valence electrons. The molecule has 1 aromatic heterocycles. The van der Waals surface area contributed by atoms with Gasteiger partial charge in [-0.05, 0) is 31.0 Å². The summed E-state index contributed by atoms with van der Waals surface area (Å²) in [6.45, 7) is 0.444. The molecule has 2 N–H and O–H groups in total. The van der Waals surface area contributed by atoms with Gasteiger partial charge in [-0.1, -0.05) is 12.1 Å². The maximum atomic E-state index is 12.4. The number of carboxylic acids is 1. The normalized spacial score (nSPS) is 17.2. The molecule has 6 heteroatoms. The standard InChI is InChI=1S/C17H16N2O4/c20-15(13-7-8-18-10-13)11-3-5-12(6-4-11)16(21)19-9-1-2-14(19)17(22)23/h3-8,10,14,18H,1-2,9H2,(H,22,23). The van der Waals surface area contributed by atoms with E-state index in [1.165, 1.54) is 4.90 Å². The zero-order chi connectivity index (χ0) is 16.4. The molecule has 1 unspecified atom stereocenters. The van der Waals surface area contributed by atoms with E-state index in [9.17, 15) is 14.4 Å². The molecule has 0 aliphatic carbocycles. The summed E-state index contributed by atoms with van der Waals surface area (Å²) in [6.07, 6.45) is 4.45. The zero-order valence-corrected chi connectivity index (χ0v) is 12.4. The van der Waals surface area contributed by atoms with Gasteiger partial charge in [-0.25, -0.2) is 4.79 Å². The van der Waals surface area contributed by atoms with Gasteiger partial charge in [0.25, 0.3) is 5.91 Å². The Kier molecular flexibility index (Phi) is 3.97. The number of carboxylic acid groups (broad SMARTS) is 1. The van der Waals surface area contributed by atoms with E-state index in [0.29, 0.717) is 36.1 Å². The number of hydrogen-bond acceptors (Lipinski definition) is 3. The van der Waals surface area contributed by atoms with Crippen LogP contribution >= 0.6 is 0 Å². The molecule has 0 spiro atoms. The van der Waals surface area contributed by atoms with Crippen LogP contribution in [-0.4, -0.2) is 45.2 Å². The number of nitrogens with one attached hydrogen (secondary N) is 1. The highest BCUT2D eigenvalue weighted by atomic mass is 16.4. The Balaban J connectivity index is 1.78. The molecule has 1 saturated heterocycles. The predicted molar refractivity (Wildman–Crippen MR) is 82.4 cm³/mol. The lowest BCUT2D eigenvalue weighted by Gasteiger charge is -2.21. The third-order valence-electron chi connectivity index (χ3n) is 4.05. The molecule has 2 heterocycles. The maximum Gasteiger partial charge on any atom is 0.326 e. The van der Waals surface area contributed by atoms with Crippen molar-refractivity contribution in [3.8, 4) is 0 Å². The number of benzene rings is 1. The predicted octanol–water partition coefficient (Wildman–Crippen LogP) is 1.93. The number of likely N-dealkylation sites (tertiary alicyclic amines) is 1. The number of nitrogens with zero attached hydrogens (tertiary/aromatic N) is 1. The van der Waals surface area contributed by atoms with Gasteiger partial charge >= 0.3 is 5.97 Å². The number of aromatic amines is 1. The zero-order valence-electron chi connectivity index (χ0n) is 12.4. The molecule has 2 aromatic rings. The van der Waals surface area contributed by atoms with Crippen molar-refractivity contribution in [2.24, 2.45) is 0 Å². The van der Waals surface area contributed by atoms with Crippen molar-refractivity contribution in [1.29, 1.82) is 0 Å². The van der Waals surface area contributed by atoms with Crippen molar-refractivity contribution in [2.75, 3.05) is 6.54 Å². The molecule has 1 fully saturated rings. The first-order valence-electron chi connectivity index (χ1n) is 7.39. The summed E-state index contributed by atoms with van der Waals surface area (Å²) in [6, 6.07) is 7.24. The smallest absolute Gasteiger partial charge is 0.326 e. The summed E-state index contributed by atoms with van der Waals surface area (Å²) in [4.78, 5) is 40.0. The molecule has 0 radical (unpaired) electrons. The minimum Gasteiger partial charge on any atom is -0.480 e. The second-order valence-corrected chi connectivity index (χ2v) is 5.50. The maximum absolute atomic E-state index is 12.4. The van der Waals surface area contributed by atoms with Crippen LogP contribution in [0.2, 0.25) is 0 Å². The molecule has 1 aliphatic heterocycles. The van der Waals surface area contributed by atoms with Crippen LogP contribution in [0.5, 0.6) is 0 Å². The molecule has 3 rings (SSSR count). The fourth-order valence-corrected chi connectivity index (χ4v) is 2.83. The second kappa shape index (κ2) is 6.08. The Hall–Kier alpha value is -2.89. The molecule has 6 nitrogen and oxygen atoms in total. The van der Waals surface area contributed by atoms with E-state index in [1.54, 1.807) is 42.7 Å². The fraction of sp³-hybridized carbons (Fsp3) is 0.235.